The minimum atomic E-state index is -0.934. The highest BCUT2D eigenvalue weighted by molar-refractivity contribution is 5.84. The first-order valence-corrected chi connectivity index (χ1v) is 13.3. The van der Waals surface area contributed by atoms with Crippen LogP contribution in [-0.4, -0.2) is 52.8 Å². The molecule has 210 valence electrons. The third-order valence-corrected chi connectivity index (χ3v) is 8.05. The molecule has 0 spiro atoms. The molecule has 2 heterocycles. The standard InChI is InChI=1S/C30H35F3N2O4/c1-19-18-34-26-6-5-21(39-2)16-23(26)29(19)27(36)7-8-30(17-28(37)38)9-12-35(13-10-30)11-3-4-22-24(32)14-20(31)15-25(22)33/h5-6,14-16,18,27,36H,3-4,7-13,17H2,1-2H3,(H,37,38). The fraction of sp³-hybridized carbons (Fsp3) is 0.467. The molecule has 0 radical (unpaired) electrons. The molecule has 1 fully saturated rings. The van der Waals surface area contributed by atoms with Gasteiger partial charge in [0.25, 0.3) is 0 Å². The Kier molecular flexibility index (Phi) is 9.12. The number of ether oxygens (including phenoxy) is 1. The van der Waals surface area contributed by atoms with E-state index in [9.17, 15) is 28.2 Å². The Labute approximate surface area is 226 Å². The van der Waals surface area contributed by atoms with E-state index in [1.165, 1.54) is 0 Å². The van der Waals surface area contributed by atoms with E-state index in [2.05, 4.69) is 9.88 Å². The van der Waals surface area contributed by atoms with Gasteiger partial charge in [-0.25, -0.2) is 13.2 Å². The molecule has 2 aromatic carbocycles. The molecule has 0 bridgehead atoms. The van der Waals surface area contributed by atoms with Gasteiger partial charge in [0, 0.05) is 29.3 Å². The van der Waals surface area contributed by atoms with Crippen molar-refractivity contribution < 1.29 is 32.9 Å². The number of carbonyl (C=O) groups is 1. The molecule has 1 aliphatic heterocycles. The highest BCUT2D eigenvalue weighted by atomic mass is 19.1. The summed E-state index contributed by atoms with van der Waals surface area (Å²) in [6.07, 6.45) is 3.89. The summed E-state index contributed by atoms with van der Waals surface area (Å²) >= 11 is 0. The molecule has 1 aliphatic rings. The number of halogens is 3. The van der Waals surface area contributed by atoms with E-state index in [1.807, 2.05) is 25.1 Å². The number of aromatic nitrogens is 1. The molecule has 0 amide bonds. The average Bonchev–Trinajstić information content (AvgIpc) is 2.89. The Morgan fingerprint density at radius 1 is 1.15 bits per heavy atom. The zero-order valence-corrected chi connectivity index (χ0v) is 22.4. The van der Waals surface area contributed by atoms with Crippen molar-refractivity contribution in [3.63, 3.8) is 0 Å². The number of aliphatic carboxylic acids is 1. The molecular weight excluding hydrogens is 509 g/mol. The maximum atomic E-state index is 13.9. The number of methoxy groups -OCH3 is 1. The van der Waals surface area contributed by atoms with Crippen LogP contribution in [0.25, 0.3) is 10.9 Å². The van der Waals surface area contributed by atoms with Gasteiger partial charge in [0.05, 0.1) is 25.2 Å². The van der Waals surface area contributed by atoms with Crippen LogP contribution in [0.1, 0.15) is 61.3 Å². The average molecular weight is 545 g/mol. The normalized spacial score (nSPS) is 16.4. The smallest absolute Gasteiger partial charge is 0.303 e. The molecule has 2 N–H and O–H groups in total. The summed E-state index contributed by atoms with van der Waals surface area (Å²) in [6, 6.07) is 6.93. The Morgan fingerprint density at radius 3 is 2.49 bits per heavy atom. The number of likely N-dealkylation sites (tertiary alicyclic amines) is 1. The van der Waals surface area contributed by atoms with Gasteiger partial charge >= 0.3 is 5.97 Å². The van der Waals surface area contributed by atoms with Crippen LogP contribution in [0.4, 0.5) is 13.2 Å². The number of aryl methyl sites for hydroxylation is 1. The second kappa shape index (κ2) is 12.3. The zero-order chi connectivity index (χ0) is 28.2. The number of hydrogen-bond acceptors (Lipinski definition) is 5. The largest absolute Gasteiger partial charge is 0.497 e. The summed E-state index contributed by atoms with van der Waals surface area (Å²) in [5, 5.41) is 21.8. The number of aliphatic hydroxyl groups is 1. The lowest BCUT2D eigenvalue weighted by Crippen LogP contribution is -2.41. The van der Waals surface area contributed by atoms with Crippen molar-refractivity contribution in [2.45, 2.75) is 58.0 Å². The quantitative estimate of drug-likeness (QED) is 0.309. The van der Waals surface area contributed by atoms with E-state index in [0.717, 1.165) is 22.0 Å². The van der Waals surface area contributed by atoms with Crippen LogP contribution >= 0.6 is 0 Å². The molecule has 1 aromatic heterocycles. The van der Waals surface area contributed by atoms with Gasteiger partial charge in [-0.15, -0.1) is 0 Å². The van der Waals surface area contributed by atoms with Crippen molar-refractivity contribution in [2.24, 2.45) is 5.41 Å². The molecule has 39 heavy (non-hydrogen) atoms. The number of rotatable bonds is 11. The maximum Gasteiger partial charge on any atom is 0.303 e. The Bertz CT molecular complexity index is 1300. The Balaban J connectivity index is 1.39. The van der Waals surface area contributed by atoms with Gasteiger partial charge in [-0.3, -0.25) is 9.78 Å². The number of pyridine rings is 1. The third kappa shape index (κ3) is 6.89. The number of hydrogen-bond donors (Lipinski definition) is 2. The third-order valence-electron chi connectivity index (χ3n) is 8.05. The summed E-state index contributed by atoms with van der Waals surface area (Å²) in [5.41, 5.74) is 1.83. The first-order valence-electron chi connectivity index (χ1n) is 13.3. The van der Waals surface area contributed by atoms with E-state index in [4.69, 9.17) is 4.74 Å². The first kappa shape index (κ1) is 28.8. The topological polar surface area (TPSA) is 82.9 Å². The summed E-state index contributed by atoms with van der Waals surface area (Å²) < 4.78 is 46.4. The predicted molar refractivity (Wildman–Crippen MR) is 142 cm³/mol. The molecular formula is C30H35F3N2O4. The van der Waals surface area contributed by atoms with Crippen LogP contribution in [0.3, 0.4) is 0 Å². The van der Waals surface area contributed by atoms with Crippen LogP contribution in [0.2, 0.25) is 0 Å². The van der Waals surface area contributed by atoms with E-state index < -0.39 is 34.9 Å². The number of carboxylic acids is 1. The SMILES string of the molecule is COc1ccc2ncc(C)c(C(O)CCC3(CC(=O)O)CCN(CCCc4c(F)cc(F)cc4F)CC3)c2c1. The van der Waals surface area contributed by atoms with Gasteiger partial charge in [0.1, 0.15) is 23.2 Å². The minimum Gasteiger partial charge on any atom is -0.497 e. The number of carboxylic acid groups (broad SMARTS) is 1. The Morgan fingerprint density at radius 2 is 1.85 bits per heavy atom. The second-order valence-electron chi connectivity index (χ2n) is 10.7. The molecule has 0 aliphatic carbocycles. The van der Waals surface area contributed by atoms with E-state index in [1.54, 1.807) is 13.3 Å². The lowest BCUT2D eigenvalue weighted by molar-refractivity contribution is -0.141. The van der Waals surface area contributed by atoms with Gasteiger partial charge < -0.3 is 19.8 Å². The molecule has 1 saturated heterocycles. The molecule has 9 heteroatoms. The van der Waals surface area contributed by atoms with Crippen molar-refractivity contribution in [1.82, 2.24) is 9.88 Å². The van der Waals surface area contributed by atoms with Crippen molar-refractivity contribution in [1.29, 1.82) is 0 Å². The van der Waals surface area contributed by atoms with E-state index in [0.29, 0.717) is 69.6 Å². The molecule has 0 saturated carbocycles. The molecule has 1 unspecified atom stereocenters. The monoisotopic (exact) mass is 544 g/mol. The number of benzene rings is 2. The number of piperidine rings is 1. The van der Waals surface area contributed by atoms with Crippen molar-refractivity contribution in [2.75, 3.05) is 26.7 Å². The highest BCUT2D eigenvalue weighted by Gasteiger charge is 2.37. The van der Waals surface area contributed by atoms with E-state index >= 15 is 0 Å². The fourth-order valence-corrected chi connectivity index (χ4v) is 5.83. The van der Waals surface area contributed by atoms with Crippen LogP contribution in [0, 0.1) is 29.8 Å². The molecule has 4 rings (SSSR count). The highest BCUT2D eigenvalue weighted by Crippen LogP contribution is 2.42. The fourth-order valence-electron chi connectivity index (χ4n) is 5.83. The maximum absolute atomic E-state index is 13.9. The first-order chi connectivity index (χ1) is 18.6. The van der Waals surface area contributed by atoms with Gasteiger partial charge in [0.2, 0.25) is 0 Å². The van der Waals surface area contributed by atoms with Crippen LogP contribution in [0.15, 0.2) is 36.5 Å². The van der Waals surface area contributed by atoms with Crippen LogP contribution in [-0.2, 0) is 11.2 Å². The summed E-state index contributed by atoms with van der Waals surface area (Å²) in [4.78, 5) is 18.4. The zero-order valence-electron chi connectivity index (χ0n) is 22.4. The van der Waals surface area contributed by atoms with Gasteiger partial charge in [-0.2, -0.15) is 0 Å². The molecule has 3 aromatic rings. The number of fused-ring (bicyclic) bond motifs is 1. The summed E-state index contributed by atoms with van der Waals surface area (Å²) in [7, 11) is 1.59. The molecule has 1 atom stereocenters. The van der Waals surface area contributed by atoms with Crippen molar-refractivity contribution in [3.8, 4) is 5.75 Å². The summed E-state index contributed by atoms with van der Waals surface area (Å²) in [5.74, 6) is -2.88. The number of aliphatic hydroxyl groups excluding tert-OH is 1. The van der Waals surface area contributed by atoms with E-state index in [-0.39, 0.29) is 18.4 Å². The number of nitrogens with zero attached hydrogens (tertiary/aromatic N) is 2. The summed E-state index contributed by atoms with van der Waals surface area (Å²) in [6.45, 7) is 3.82. The predicted octanol–water partition coefficient (Wildman–Crippen LogP) is 5.97. The van der Waals surface area contributed by atoms with Crippen LogP contribution < -0.4 is 4.74 Å². The van der Waals surface area contributed by atoms with Crippen molar-refractivity contribution >= 4 is 16.9 Å². The molecule has 6 nitrogen and oxygen atoms in total. The van der Waals surface area contributed by atoms with Gasteiger partial charge in [0.15, 0.2) is 0 Å². The Hall–Kier alpha value is -3.17. The van der Waals surface area contributed by atoms with Gasteiger partial charge in [-0.05, 0) is 99.8 Å². The second-order valence-corrected chi connectivity index (χ2v) is 10.7. The minimum absolute atomic E-state index is 0.0173. The van der Waals surface area contributed by atoms with Crippen molar-refractivity contribution in [3.05, 3.63) is 70.7 Å². The van der Waals surface area contributed by atoms with Gasteiger partial charge in [-0.1, -0.05) is 0 Å². The lowest BCUT2D eigenvalue weighted by Gasteiger charge is -2.41. The lowest BCUT2D eigenvalue weighted by atomic mass is 9.71. The van der Waals surface area contributed by atoms with Crippen LogP contribution in [0.5, 0.6) is 5.75 Å².